The second-order valence-electron chi connectivity index (χ2n) is 7.20. The number of pyridine rings is 1. The first-order valence-electron chi connectivity index (χ1n) is 9.58. The lowest BCUT2D eigenvalue weighted by Crippen LogP contribution is -2.59. The summed E-state index contributed by atoms with van der Waals surface area (Å²) in [5.41, 5.74) is 1.16. The van der Waals surface area contributed by atoms with Crippen LogP contribution in [0.25, 0.3) is 0 Å². The number of piperazine rings is 1. The molecule has 4 rings (SSSR count). The van der Waals surface area contributed by atoms with Gasteiger partial charge in [0.2, 0.25) is 21.8 Å². The number of hydrogen-bond donors (Lipinski definition) is 0. The number of ether oxygens (including phenoxy) is 1. The molecule has 2 saturated heterocycles. The van der Waals surface area contributed by atoms with Crippen LogP contribution in [0.2, 0.25) is 0 Å². The average molecular weight is 417 g/mol. The van der Waals surface area contributed by atoms with Crippen molar-refractivity contribution in [1.82, 2.24) is 14.2 Å². The van der Waals surface area contributed by atoms with Gasteiger partial charge in [-0.3, -0.25) is 4.79 Å². The van der Waals surface area contributed by atoms with Gasteiger partial charge in [-0.25, -0.2) is 13.4 Å². The number of aromatic nitrogens is 1. The molecule has 0 N–H and O–H groups in total. The average Bonchev–Trinajstić information content (AvgIpc) is 2.73. The highest BCUT2D eigenvalue weighted by atomic mass is 32.2. The van der Waals surface area contributed by atoms with Crippen LogP contribution in [0.1, 0.15) is 0 Å². The minimum atomic E-state index is -3.63. The standard InChI is InChI=1S/C20H24N4O4S/c1-28-19-8-7-18(13-21-19)29(26,27)24-14-16(15-24)20(25)23-11-9-22(10-12-23)17-5-3-2-4-6-17/h2-8,13,16H,9-12,14-15H2,1H3. The Morgan fingerprint density at radius 1 is 1.03 bits per heavy atom. The Kier molecular flexibility index (Phi) is 5.42. The van der Waals surface area contributed by atoms with Crippen molar-refractivity contribution in [1.29, 1.82) is 0 Å². The topological polar surface area (TPSA) is 83.0 Å². The van der Waals surface area contributed by atoms with E-state index in [0.717, 1.165) is 18.8 Å². The largest absolute Gasteiger partial charge is 0.481 e. The van der Waals surface area contributed by atoms with Crippen LogP contribution in [-0.2, 0) is 14.8 Å². The van der Waals surface area contributed by atoms with Crippen molar-refractivity contribution in [2.24, 2.45) is 5.92 Å². The van der Waals surface area contributed by atoms with E-state index in [9.17, 15) is 13.2 Å². The number of nitrogens with zero attached hydrogens (tertiary/aromatic N) is 4. The van der Waals surface area contributed by atoms with E-state index >= 15 is 0 Å². The molecule has 0 atom stereocenters. The van der Waals surface area contributed by atoms with Crippen LogP contribution in [0.15, 0.2) is 53.6 Å². The van der Waals surface area contributed by atoms with E-state index in [0.29, 0.717) is 19.0 Å². The van der Waals surface area contributed by atoms with Crippen molar-refractivity contribution in [3.8, 4) is 5.88 Å². The highest BCUT2D eigenvalue weighted by Crippen LogP contribution is 2.27. The molecule has 2 aromatic rings. The monoisotopic (exact) mass is 416 g/mol. The molecule has 154 valence electrons. The van der Waals surface area contributed by atoms with Crippen LogP contribution >= 0.6 is 0 Å². The van der Waals surface area contributed by atoms with Gasteiger partial charge in [-0.15, -0.1) is 0 Å². The number of amides is 1. The van der Waals surface area contributed by atoms with E-state index in [-0.39, 0.29) is 29.8 Å². The summed E-state index contributed by atoms with van der Waals surface area (Å²) in [6.45, 7) is 3.29. The molecular weight excluding hydrogens is 392 g/mol. The van der Waals surface area contributed by atoms with Gasteiger partial charge in [0.1, 0.15) is 4.90 Å². The number of methoxy groups -OCH3 is 1. The maximum absolute atomic E-state index is 12.8. The van der Waals surface area contributed by atoms with E-state index in [1.54, 1.807) is 0 Å². The Morgan fingerprint density at radius 3 is 2.31 bits per heavy atom. The SMILES string of the molecule is COc1ccc(S(=O)(=O)N2CC(C(=O)N3CCN(c4ccccc4)CC3)C2)cn1. The van der Waals surface area contributed by atoms with Crippen molar-refractivity contribution in [2.75, 3.05) is 51.3 Å². The van der Waals surface area contributed by atoms with Gasteiger partial charge >= 0.3 is 0 Å². The third-order valence-electron chi connectivity index (χ3n) is 5.47. The molecule has 0 aliphatic carbocycles. The molecule has 1 aromatic heterocycles. The molecule has 0 saturated carbocycles. The van der Waals surface area contributed by atoms with E-state index in [1.165, 1.54) is 29.7 Å². The molecule has 2 aliphatic rings. The summed E-state index contributed by atoms with van der Waals surface area (Å²) >= 11 is 0. The number of rotatable bonds is 5. The van der Waals surface area contributed by atoms with Crippen LogP contribution in [0.4, 0.5) is 5.69 Å². The smallest absolute Gasteiger partial charge is 0.244 e. The van der Waals surface area contributed by atoms with Gasteiger partial charge < -0.3 is 14.5 Å². The molecule has 0 unspecified atom stereocenters. The minimum Gasteiger partial charge on any atom is -0.481 e. The summed E-state index contributed by atoms with van der Waals surface area (Å²) in [7, 11) is -2.16. The fourth-order valence-electron chi connectivity index (χ4n) is 3.66. The van der Waals surface area contributed by atoms with Gasteiger partial charge in [0.15, 0.2) is 0 Å². The lowest BCUT2D eigenvalue weighted by Gasteiger charge is -2.42. The Bertz CT molecular complexity index is 952. The first kappa shape index (κ1) is 19.7. The molecule has 29 heavy (non-hydrogen) atoms. The predicted molar refractivity (Wildman–Crippen MR) is 108 cm³/mol. The third-order valence-corrected chi connectivity index (χ3v) is 7.28. The van der Waals surface area contributed by atoms with Gasteiger partial charge in [-0.1, -0.05) is 18.2 Å². The van der Waals surface area contributed by atoms with Gasteiger partial charge in [-0.05, 0) is 18.2 Å². The van der Waals surface area contributed by atoms with Crippen LogP contribution in [-0.4, -0.2) is 74.9 Å². The molecule has 3 heterocycles. The quantitative estimate of drug-likeness (QED) is 0.725. The summed E-state index contributed by atoms with van der Waals surface area (Å²) in [5, 5.41) is 0. The normalized spacial score (nSPS) is 18.4. The van der Waals surface area contributed by atoms with Crippen LogP contribution in [0.5, 0.6) is 5.88 Å². The number of benzene rings is 1. The highest BCUT2D eigenvalue weighted by Gasteiger charge is 2.42. The Balaban J connectivity index is 1.31. The van der Waals surface area contributed by atoms with E-state index in [2.05, 4.69) is 22.0 Å². The first-order chi connectivity index (χ1) is 14.0. The second kappa shape index (κ2) is 8.00. The Morgan fingerprint density at radius 2 is 1.72 bits per heavy atom. The van der Waals surface area contributed by atoms with Crippen molar-refractivity contribution in [3.05, 3.63) is 48.7 Å². The summed E-state index contributed by atoms with van der Waals surface area (Å²) < 4.78 is 31.6. The fraction of sp³-hybridized carbons (Fsp3) is 0.400. The number of para-hydroxylation sites is 1. The van der Waals surface area contributed by atoms with Crippen molar-refractivity contribution in [2.45, 2.75) is 4.90 Å². The molecule has 8 nitrogen and oxygen atoms in total. The maximum Gasteiger partial charge on any atom is 0.244 e. The van der Waals surface area contributed by atoms with Crippen molar-refractivity contribution in [3.63, 3.8) is 0 Å². The Hall–Kier alpha value is -2.65. The van der Waals surface area contributed by atoms with Gasteiger partial charge in [0, 0.05) is 51.0 Å². The molecule has 2 aliphatic heterocycles. The fourth-order valence-corrected chi connectivity index (χ4v) is 5.14. The molecule has 1 amide bonds. The van der Waals surface area contributed by atoms with Crippen LogP contribution in [0.3, 0.4) is 0 Å². The van der Waals surface area contributed by atoms with Gasteiger partial charge in [0.25, 0.3) is 0 Å². The van der Waals surface area contributed by atoms with E-state index < -0.39 is 10.0 Å². The van der Waals surface area contributed by atoms with E-state index in [4.69, 9.17) is 4.74 Å². The number of carbonyl (C=O) groups is 1. The third kappa shape index (κ3) is 3.92. The number of hydrogen-bond acceptors (Lipinski definition) is 6. The minimum absolute atomic E-state index is 0.0389. The zero-order valence-electron chi connectivity index (χ0n) is 16.3. The van der Waals surface area contributed by atoms with Crippen LogP contribution in [0, 0.1) is 5.92 Å². The zero-order valence-corrected chi connectivity index (χ0v) is 17.1. The van der Waals surface area contributed by atoms with Gasteiger partial charge in [-0.2, -0.15) is 4.31 Å². The molecule has 9 heteroatoms. The van der Waals surface area contributed by atoms with Crippen LogP contribution < -0.4 is 9.64 Å². The molecule has 2 fully saturated rings. The highest BCUT2D eigenvalue weighted by molar-refractivity contribution is 7.89. The summed E-state index contributed by atoms with van der Waals surface area (Å²) in [4.78, 5) is 21.0. The van der Waals surface area contributed by atoms with E-state index in [1.807, 2.05) is 23.1 Å². The number of sulfonamides is 1. The van der Waals surface area contributed by atoms with Crippen molar-refractivity contribution < 1.29 is 17.9 Å². The molecule has 0 radical (unpaired) electrons. The zero-order chi connectivity index (χ0) is 20.4. The lowest BCUT2D eigenvalue weighted by molar-refractivity contribution is -0.139. The molecular formula is C20H24N4O4S. The number of anilines is 1. The summed E-state index contributed by atoms with van der Waals surface area (Å²) in [6, 6.07) is 13.1. The molecule has 1 aromatic carbocycles. The number of carbonyl (C=O) groups excluding carboxylic acids is 1. The van der Waals surface area contributed by atoms with Gasteiger partial charge in [0.05, 0.1) is 19.2 Å². The lowest BCUT2D eigenvalue weighted by atomic mass is 10.0. The first-order valence-corrected chi connectivity index (χ1v) is 11.0. The molecule has 0 bridgehead atoms. The summed E-state index contributed by atoms with van der Waals surface area (Å²) in [5.74, 6) is 0.117. The Labute approximate surface area is 170 Å². The molecule has 0 spiro atoms. The second-order valence-corrected chi connectivity index (χ2v) is 9.14. The van der Waals surface area contributed by atoms with Crippen molar-refractivity contribution >= 4 is 21.6 Å². The predicted octanol–water partition coefficient (Wildman–Crippen LogP) is 1.06. The maximum atomic E-state index is 12.8. The summed E-state index contributed by atoms with van der Waals surface area (Å²) in [6.07, 6.45) is 1.28.